The van der Waals surface area contributed by atoms with Gasteiger partial charge in [-0.1, -0.05) is 11.6 Å². The third-order valence-corrected chi connectivity index (χ3v) is 3.49. The molecule has 0 radical (unpaired) electrons. The lowest BCUT2D eigenvalue weighted by Crippen LogP contribution is -2.44. The first-order valence-electron chi connectivity index (χ1n) is 5.96. The van der Waals surface area contributed by atoms with E-state index in [9.17, 15) is 23.2 Å². The molecule has 7 nitrogen and oxygen atoms in total. The number of likely N-dealkylation sites (N-methyl/N-ethyl adjacent to an activating group) is 1. The van der Waals surface area contributed by atoms with Crippen molar-refractivity contribution in [2.45, 2.75) is 6.04 Å². The zero-order chi connectivity index (χ0) is 16.6. The van der Waals surface area contributed by atoms with Crippen LogP contribution in [0, 0.1) is 11.6 Å². The van der Waals surface area contributed by atoms with Crippen molar-refractivity contribution < 1.29 is 28.3 Å². The number of amides is 4. The maximum absolute atomic E-state index is 13.9. The predicted octanol–water partition coefficient (Wildman–Crippen LogP) is 1.65. The van der Waals surface area contributed by atoms with E-state index in [0.29, 0.717) is 4.90 Å². The van der Waals surface area contributed by atoms with Crippen LogP contribution < -0.4 is 10.2 Å². The van der Waals surface area contributed by atoms with Crippen molar-refractivity contribution in [2.75, 3.05) is 18.5 Å². The summed E-state index contributed by atoms with van der Waals surface area (Å²) in [7, 11) is 1.20. The van der Waals surface area contributed by atoms with Crippen LogP contribution in [0.1, 0.15) is 0 Å². The molecule has 1 saturated heterocycles. The van der Waals surface area contributed by atoms with Crippen molar-refractivity contribution >= 4 is 35.3 Å². The lowest BCUT2D eigenvalue weighted by Gasteiger charge is -2.21. The van der Waals surface area contributed by atoms with Crippen molar-refractivity contribution in [3.63, 3.8) is 0 Å². The second-order valence-corrected chi connectivity index (χ2v) is 4.86. The number of urea groups is 1. The van der Waals surface area contributed by atoms with Gasteiger partial charge >= 0.3 is 12.1 Å². The molecule has 1 aromatic rings. The van der Waals surface area contributed by atoms with Crippen molar-refractivity contribution in [1.82, 2.24) is 10.2 Å². The molecule has 0 bridgehead atoms. The highest BCUT2D eigenvalue weighted by Gasteiger charge is 2.39. The van der Waals surface area contributed by atoms with E-state index < -0.39 is 47.3 Å². The van der Waals surface area contributed by atoms with E-state index in [4.69, 9.17) is 16.7 Å². The lowest BCUT2D eigenvalue weighted by molar-refractivity contribution is -0.119. The van der Waals surface area contributed by atoms with Crippen molar-refractivity contribution in [3.05, 3.63) is 28.8 Å². The Morgan fingerprint density at radius 1 is 1.45 bits per heavy atom. The quantitative estimate of drug-likeness (QED) is 0.805. The van der Waals surface area contributed by atoms with Gasteiger partial charge in [-0.3, -0.25) is 4.79 Å². The summed E-state index contributed by atoms with van der Waals surface area (Å²) in [5, 5.41) is 10.2. The van der Waals surface area contributed by atoms with Gasteiger partial charge in [0.25, 0.3) is 5.91 Å². The number of halogens is 3. The van der Waals surface area contributed by atoms with E-state index in [1.807, 2.05) is 0 Å². The summed E-state index contributed by atoms with van der Waals surface area (Å²) in [6.07, 6.45) is -1.51. The number of nitrogens with zero attached hydrogens (tertiary/aromatic N) is 2. The smallest absolute Gasteiger partial charge is 0.415 e. The van der Waals surface area contributed by atoms with Gasteiger partial charge < -0.3 is 15.3 Å². The average molecular weight is 334 g/mol. The van der Waals surface area contributed by atoms with Gasteiger partial charge in [0.1, 0.15) is 16.9 Å². The molecule has 0 aromatic heterocycles. The fourth-order valence-electron chi connectivity index (χ4n) is 1.97. The molecule has 10 heteroatoms. The minimum absolute atomic E-state index is 0.292. The molecule has 1 aliphatic rings. The zero-order valence-electron chi connectivity index (χ0n) is 11.1. The van der Waals surface area contributed by atoms with Gasteiger partial charge in [0.15, 0.2) is 5.82 Å². The largest absolute Gasteiger partial charge is 0.465 e. The first-order chi connectivity index (χ1) is 10.2. The average Bonchev–Trinajstić information content (AvgIpc) is 2.85. The molecule has 0 aliphatic carbocycles. The fraction of sp³-hybridized carbons (Fsp3) is 0.250. The number of rotatable bonds is 2. The Morgan fingerprint density at radius 2 is 2.09 bits per heavy atom. The highest BCUT2D eigenvalue weighted by molar-refractivity contribution is 6.31. The molecule has 4 amide bonds. The summed E-state index contributed by atoms with van der Waals surface area (Å²) in [5.74, 6) is -2.87. The summed E-state index contributed by atoms with van der Waals surface area (Å²) >= 11 is 5.44. The van der Waals surface area contributed by atoms with Crippen LogP contribution in [-0.4, -0.2) is 47.7 Å². The minimum Gasteiger partial charge on any atom is -0.465 e. The Kier molecular flexibility index (Phi) is 4.18. The molecule has 1 aromatic carbocycles. The molecular weight excluding hydrogens is 324 g/mol. The molecule has 1 unspecified atom stereocenters. The highest BCUT2D eigenvalue weighted by atomic mass is 35.5. The van der Waals surface area contributed by atoms with Crippen LogP contribution in [0.2, 0.25) is 5.02 Å². The SMILES string of the molecule is CN(C(=O)C1CN(C(=O)O)C(=O)N1)c1ccc(F)c(Cl)c1F. The third-order valence-electron chi connectivity index (χ3n) is 3.14. The van der Waals surface area contributed by atoms with Gasteiger partial charge in [-0.05, 0) is 12.1 Å². The first-order valence-corrected chi connectivity index (χ1v) is 6.34. The number of imide groups is 1. The molecular formula is C12H10ClF2N3O4. The molecule has 1 atom stereocenters. The van der Waals surface area contributed by atoms with E-state index >= 15 is 0 Å². The second-order valence-electron chi connectivity index (χ2n) is 4.49. The lowest BCUT2D eigenvalue weighted by atomic mass is 10.2. The monoisotopic (exact) mass is 333 g/mol. The Hall–Kier alpha value is -2.42. The molecule has 2 rings (SSSR count). The maximum atomic E-state index is 13.9. The number of hydrogen-bond donors (Lipinski definition) is 2. The molecule has 22 heavy (non-hydrogen) atoms. The number of carbonyl (C=O) groups excluding carboxylic acids is 2. The normalized spacial score (nSPS) is 17.4. The van der Waals surface area contributed by atoms with Gasteiger partial charge in [0.05, 0.1) is 12.2 Å². The Bertz CT molecular complexity index is 670. The number of carbonyl (C=O) groups is 3. The van der Waals surface area contributed by atoms with Crippen molar-refractivity contribution in [1.29, 1.82) is 0 Å². The summed E-state index contributed by atoms with van der Waals surface area (Å²) in [6, 6.07) is -0.213. The summed E-state index contributed by atoms with van der Waals surface area (Å²) in [5.41, 5.74) is -0.292. The van der Waals surface area contributed by atoms with Crippen LogP contribution >= 0.6 is 11.6 Å². The number of anilines is 1. The topological polar surface area (TPSA) is 90.0 Å². The fourth-order valence-corrected chi connectivity index (χ4v) is 2.13. The molecule has 118 valence electrons. The standard InChI is InChI=1S/C12H10ClF2N3O4/c1-17(7-3-2-5(14)8(13)9(7)15)10(19)6-4-18(12(21)22)11(20)16-6/h2-3,6H,4H2,1H3,(H,16,20)(H,21,22). The number of carboxylic acid groups (broad SMARTS) is 1. The van der Waals surface area contributed by atoms with Crippen LogP contribution in [-0.2, 0) is 4.79 Å². The van der Waals surface area contributed by atoms with E-state index in [0.717, 1.165) is 17.0 Å². The highest BCUT2D eigenvalue weighted by Crippen LogP contribution is 2.28. The third kappa shape index (κ3) is 2.67. The Labute approximate surface area is 128 Å². The van der Waals surface area contributed by atoms with Crippen LogP contribution in [0.25, 0.3) is 0 Å². The number of nitrogens with one attached hydrogen (secondary N) is 1. The van der Waals surface area contributed by atoms with Crippen LogP contribution in [0.3, 0.4) is 0 Å². The van der Waals surface area contributed by atoms with Gasteiger partial charge in [-0.15, -0.1) is 0 Å². The van der Waals surface area contributed by atoms with Crippen molar-refractivity contribution in [3.8, 4) is 0 Å². The van der Waals surface area contributed by atoms with E-state index in [2.05, 4.69) is 5.32 Å². The first kappa shape index (κ1) is 16.0. The van der Waals surface area contributed by atoms with E-state index in [1.165, 1.54) is 7.05 Å². The van der Waals surface area contributed by atoms with Gasteiger partial charge in [0.2, 0.25) is 0 Å². The Morgan fingerprint density at radius 3 is 2.64 bits per heavy atom. The molecule has 0 saturated carbocycles. The summed E-state index contributed by atoms with van der Waals surface area (Å²) in [6.45, 7) is -0.409. The molecule has 0 spiro atoms. The Balaban J connectivity index is 2.22. The molecule has 1 heterocycles. The molecule has 1 fully saturated rings. The van der Waals surface area contributed by atoms with Crippen LogP contribution in [0.15, 0.2) is 12.1 Å². The zero-order valence-corrected chi connectivity index (χ0v) is 11.9. The van der Waals surface area contributed by atoms with Crippen molar-refractivity contribution in [2.24, 2.45) is 0 Å². The minimum atomic E-state index is -1.51. The molecule has 1 aliphatic heterocycles. The predicted molar refractivity (Wildman–Crippen MR) is 71.8 cm³/mol. The van der Waals surface area contributed by atoms with Crippen LogP contribution in [0.5, 0.6) is 0 Å². The van der Waals surface area contributed by atoms with Gasteiger partial charge in [-0.25, -0.2) is 23.3 Å². The second kappa shape index (κ2) is 5.76. The van der Waals surface area contributed by atoms with E-state index in [1.54, 1.807) is 0 Å². The van der Waals surface area contributed by atoms with Gasteiger partial charge in [0, 0.05) is 7.05 Å². The summed E-state index contributed by atoms with van der Waals surface area (Å²) < 4.78 is 27.0. The maximum Gasteiger partial charge on any atom is 0.415 e. The molecule has 2 N–H and O–H groups in total. The number of benzene rings is 1. The van der Waals surface area contributed by atoms with E-state index in [-0.39, 0.29) is 5.69 Å². The van der Waals surface area contributed by atoms with Crippen LogP contribution in [0.4, 0.5) is 24.1 Å². The summed E-state index contributed by atoms with van der Waals surface area (Å²) in [4.78, 5) is 35.6. The van der Waals surface area contributed by atoms with Gasteiger partial charge in [-0.2, -0.15) is 0 Å². The number of hydrogen-bond acceptors (Lipinski definition) is 3.